The van der Waals surface area contributed by atoms with Crippen molar-refractivity contribution in [3.8, 4) is 22.6 Å². The molecule has 5 rings (SSSR count). The Morgan fingerprint density at radius 2 is 2.19 bits per heavy atom. The predicted octanol–water partition coefficient (Wildman–Crippen LogP) is 3.11. The molecule has 1 fully saturated rings. The number of nitrogens with one attached hydrogen (secondary N) is 2. The molecule has 9 nitrogen and oxygen atoms in total. The first-order valence-electron chi connectivity index (χ1n) is 10.9. The molecular formula is C22H27N7O2. The molecule has 2 aliphatic heterocycles. The van der Waals surface area contributed by atoms with Crippen LogP contribution in [-0.2, 0) is 22.5 Å². The van der Waals surface area contributed by atoms with Crippen LogP contribution in [0.4, 0.5) is 11.6 Å². The fraction of sp³-hybridized carbons (Fsp3) is 0.455. The van der Waals surface area contributed by atoms with Gasteiger partial charge in [-0.25, -0.2) is 4.98 Å². The molecule has 1 amide bonds. The van der Waals surface area contributed by atoms with E-state index in [1.165, 1.54) is 12.5 Å². The number of hydrogen-bond donors (Lipinski definition) is 2. The first-order valence-corrected chi connectivity index (χ1v) is 10.9. The molecule has 0 saturated carbocycles. The number of fused-ring (bicyclic) bond motifs is 3. The van der Waals surface area contributed by atoms with Gasteiger partial charge in [-0.15, -0.1) is 0 Å². The van der Waals surface area contributed by atoms with Crippen molar-refractivity contribution < 1.29 is 9.53 Å². The number of hydrogen-bond acceptors (Lipinski definition) is 6. The maximum Gasteiger partial charge on any atom is 0.222 e. The molecule has 0 bridgehead atoms. The number of rotatable bonds is 5. The third-order valence-corrected chi connectivity index (χ3v) is 5.79. The molecular weight excluding hydrogens is 394 g/mol. The summed E-state index contributed by atoms with van der Waals surface area (Å²) in [6, 6.07) is 6.19. The summed E-state index contributed by atoms with van der Waals surface area (Å²) in [4.78, 5) is 16.1. The smallest absolute Gasteiger partial charge is 0.222 e. The molecule has 9 heteroatoms. The summed E-state index contributed by atoms with van der Waals surface area (Å²) in [7, 11) is 0. The highest BCUT2D eigenvalue weighted by atomic mass is 16.5. The lowest BCUT2D eigenvalue weighted by Gasteiger charge is -2.25. The molecule has 3 aromatic rings. The van der Waals surface area contributed by atoms with E-state index in [2.05, 4.69) is 38.4 Å². The lowest BCUT2D eigenvalue weighted by atomic mass is 9.99. The topological polar surface area (TPSA) is 98.9 Å². The molecule has 1 unspecified atom stereocenters. The summed E-state index contributed by atoms with van der Waals surface area (Å²) in [5, 5.41) is 15.7. The zero-order chi connectivity index (χ0) is 21.4. The van der Waals surface area contributed by atoms with E-state index < -0.39 is 0 Å². The van der Waals surface area contributed by atoms with Crippen molar-refractivity contribution in [2.24, 2.45) is 0 Å². The minimum Gasteiger partial charge on any atom is -0.379 e. The van der Waals surface area contributed by atoms with Gasteiger partial charge in [-0.1, -0.05) is 0 Å². The van der Waals surface area contributed by atoms with E-state index in [4.69, 9.17) is 9.84 Å². The van der Waals surface area contributed by atoms with Crippen LogP contribution >= 0.6 is 0 Å². The lowest BCUT2D eigenvalue weighted by molar-refractivity contribution is -0.114. The Morgan fingerprint density at radius 1 is 1.29 bits per heavy atom. The van der Waals surface area contributed by atoms with Crippen LogP contribution < -0.4 is 10.6 Å². The van der Waals surface area contributed by atoms with Gasteiger partial charge in [0.25, 0.3) is 0 Å². The second-order valence-electron chi connectivity index (χ2n) is 8.02. The molecule has 1 atom stereocenters. The summed E-state index contributed by atoms with van der Waals surface area (Å²) < 4.78 is 9.85. The largest absolute Gasteiger partial charge is 0.379 e. The summed E-state index contributed by atoms with van der Waals surface area (Å²) in [5.74, 6) is 1.30. The zero-order valence-electron chi connectivity index (χ0n) is 17.9. The monoisotopic (exact) mass is 421 g/mol. The quantitative estimate of drug-likeness (QED) is 0.657. The van der Waals surface area contributed by atoms with E-state index in [-0.39, 0.29) is 11.9 Å². The van der Waals surface area contributed by atoms with Crippen molar-refractivity contribution in [2.75, 3.05) is 30.4 Å². The van der Waals surface area contributed by atoms with Crippen molar-refractivity contribution in [3.05, 3.63) is 30.0 Å². The molecule has 1 saturated heterocycles. The molecule has 0 aliphatic carbocycles. The highest BCUT2D eigenvalue weighted by molar-refractivity contribution is 5.88. The Morgan fingerprint density at radius 3 is 2.90 bits per heavy atom. The number of aryl methyl sites for hydroxylation is 1. The van der Waals surface area contributed by atoms with Crippen molar-refractivity contribution in [1.82, 2.24) is 24.5 Å². The van der Waals surface area contributed by atoms with Gasteiger partial charge in [-0.05, 0) is 38.3 Å². The van der Waals surface area contributed by atoms with Crippen molar-refractivity contribution >= 4 is 17.5 Å². The Hall–Kier alpha value is -3.20. The summed E-state index contributed by atoms with van der Waals surface area (Å²) in [5.41, 5.74) is 5.21. The van der Waals surface area contributed by atoms with Gasteiger partial charge in [0.1, 0.15) is 5.82 Å². The first kappa shape index (κ1) is 19.7. The molecule has 5 heterocycles. The molecule has 3 aromatic heterocycles. The Bertz CT molecular complexity index is 1090. The lowest BCUT2D eigenvalue weighted by Crippen LogP contribution is -2.24. The number of carbonyl (C=O) groups is 1. The van der Waals surface area contributed by atoms with Gasteiger partial charge in [0.05, 0.1) is 29.7 Å². The SMILES string of the molecule is CCNc1ccc(-c2nn(C3CCCOC3)c3c2CCn2nc(NC(C)=O)cc2-3)cn1. The van der Waals surface area contributed by atoms with Gasteiger partial charge in [0, 0.05) is 50.0 Å². The second-order valence-corrected chi connectivity index (χ2v) is 8.02. The number of amides is 1. The van der Waals surface area contributed by atoms with Crippen LogP contribution in [-0.4, -0.2) is 50.2 Å². The minimum absolute atomic E-state index is 0.127. The van der Waals surface area contributed by atoms with Crippen LogP contribution in [0, 0.1) is 0 Å². The fourth-order valence-electron chi connectivity index (χ4n) is 4.45. The summed E-state index contributed by atoms with van der Waals surface area (Å²) in [6.45, 7) is 6.57. The minimum atomic E-state index is -0.127. The maximum absolute atomic E-state index is 11.5. The van der Waals surface area contributed by atoms with E-state index in [1.807, 2.05) is 23.0 Å². The molecule has 0 radical (unpaired) electrons. The van der Waals surface area contributed by atoms with Gasteiger partial charge < -0.3 is 15.4 Å². The van der Waals surface area contributed by atoms with Crippen LogP contribution in [0.1, 0.15) is 38.3 Å². The Labute approximate surface area is 180 Å². The van der Waals surface area contributed by atoms with Crippen molar-refractivity contribution in [2.45, 2.75) is 45.7 Å². The van der Waals surface area contributed by atoms with E-state index in [0.717, 1.165) is 67.4 Å². The van der Waals surface area contributed by atoms with Crippen molar-refractivity contribution in [1.29, 1.82) is 0 Å². The number of aromatic nitrogens is 5. The zero-order valence-corrected chi connectivity index (χ0v) is 17.9. The van der Waals surface area contributed by atoms with Gasteiger partial charge in [0.2, 0.25) is 5.91 Å². The number of nitrogens with zero attached hydrogens (tertiary/aromatic N) is 5. The van der Waals surface area contributed by atoms with Crippen LogP contribution in [0.3, 0.4) is 0 Å². The van der Waals surface area contributed by atoms with Crippen LogP contribution in [0.15, 0.2) is 24.4 Å². The highest BCUT2D eigenvalue weighted by Crippen LogP contribution is 2.39. The number of carbonyl (C=O) groups excluding carboxylic acids is 1. The maximum atomic E-state index is 11.5. The molecule has 2 N–H and O–H groups in total. The van der Waals surface area contributed by atoms with Crippen LogP contribution in [0.5, 0.6) is 0 Å². The molecule has 2 aliphatic rings. The molecule has 0 aromatic carbocycles. The van der Waals surface area contributed by atoms with E-state index in [1.54, 1.807) is 0 Å². The second kappa shape index (κ2) is 8.14. The standard InChI is InChI=1S/C22H27N7O2/c1-3-23-19-7-6-15(12-24-19)21-17-8-9-28-18(11-20(26-28)25-14(2)30)22(17)29(27-21)16-5-4-10-31-13-16/h6-7,11-12,16H,3-5,8-10,13H2,1-2H3,(H,23,24)(H,25,26,30). The third-order valence-electron chi connectivity index (χ3n) is 5.79. The predicted molar refractivity (Wildman–Crippen MR) is 118 cm³/mol. The van der Waals surface area contributed by atoms with Crippen molar-refractivity contribution in [3.63, 3.8) is 0 Å². The van der Waals surface area contributed by atoms with E-state index in [0.29, 0.717) is 12.4 Å². The highest BCUT2D eigenvalue weighted by Gasteiger charge is 2.31. The van der Waals surface area contributed by atoms with Crippen LogP contribution in [0.2, 0.25) is 0 Å². The number of ether oxygens (including phenoxy) is 1. The first-order chi connectivity index (χ1) is 15.1. The number of anilines is 2. The van der Waals surface area contributed by atoms with E-state index >= 15 is 0 Å². The van der Waals surface area contributed by atoms with Gasteiger partial charge in [-0.2, -0.15) is 10.2 Å². The van der Waals surface area contributed by atoms with Crippen LogP contribution in [0.25, 0.3) is 22.6 Å². The summed E-state index contributed by atoms with van der Waals surface area (Å²) >= 11 is 0. The van der Waals surface area contributed by atoms with Gasteiger partial charge in [0.15, 0.2) is 5.82 Å². The molecule has 162 valence electrons. The fourth-order valence-corrected chi connectivity index (χ4v) is 4.45. The average molecular weight is 422 g/mol. The third kappa shape index (κ3) is 3.69. The average Bonchev–Trinajstić information content (AvgIpc) is 3.35. The molecule has 0 spiro atoms. The normalized spacial score (nSPS) is 17.7. The molecule has 31 heavy (non-hydrogen) atoms. The Kier molecular flexibility index (Phi) is 5.19. The summed E-state index contributed by atoms with van der Waals surface area (Å²) in [6.07, 6.45) is 4.75. The van der Waals surface area contributed by atoms with E-state index in [9.17, 15) is 4.79 Å². The van der Waals surface area contributed by atoms with Gasteiger partial charge >= 0.3 is 0 Å². The number of pyridine rings is 1. The van der Waals surface area contributed by atoms with Gasteiger partial charge in [-0.3, -0.25) is 14.2 Å². The Balaban J connectivity index is 1.61.